The summed E-state index contributed by atoms with van der Waals surface area (Å²) in [6.07, 6.45) is 0. The highest BCUT2D eigenvalue weighted by Crippen LogP contribution is 2.25. The van der Waals surface area contributed by atoms with Gasteiger partial charge in [-0.05, 0) is 50.1 Å². The first-order valence-corrected chi connectivity index (χ1v) is 6.33. The molecule has 0 amide bonds. The summed E-state index contributed by atoms with van der Waals surface area (Å²) in [4.78, 5) is 0. The van der Waals surface area contributed by atoms with Crippen LogP contribution in [0.4, 0.5) is 4.39 Å². The Hall–Kier alpha value is -1.72. The lowest BCUT2D eigenvalue weighted by atomic mass is 9.99. The summed E-state index contributed by atoms with van der Waals surface area (Å²) >= 11 is 0. The maximum absolute atomic E-state index is 13.2. The Morgan fingerprint density at radius 3 is 2.68 bits per heavy atom. The third-order valence-electron chi connectivity index (χ3n) is 3.24. The van der Waals surface area contributed by atoms with Gasteiger partial charge in [0, 0.05) is 6.54 Å². The highest BCUT2D eigenvalue weighted by Gasteiger charge is 2.19. The summed E-state index contributed by atoms with van der Waals surface area (Å²) < 4.78 is 15.1. The minimum absolute atomic E-state index is 0.193. The lowest BCUT2D eigenvalue weighted by Gasteiger charge is -2.19. The molecule has 3 N–H and O–H groups in total. The molecule has 0 spiro atoms. The number of nitrogens with two attached hydrogens (primary N) is 1. The summed E-state index contributed by atoms with van der Waals surface area (Å²) in [5.74, 6) is 5.45. The number of hydrazine groups is 1. The fourth-order valence-electron chi connectivity index (χ4n) is 2.35. The monoisotopic (exact) mass is 262 g/mol. The predicted molar refractivity (Wildman–Crippen MR) is 72.9 cm³/mol. The highest BCUT2D eigenvalue weighted by molar-refractivity contribution is 5.35. The van der Waals surface area contributed by atoms with E-state index in [1.54, 1.807) is 6.07 Å². The first kappa shape index (κ1) is 13.7. The highest BCUT2D eigenvalue weighted by atomic mass is 19.1. The van der Waals surface area contributed by atoms with Crippen LogP contribution >= 0.6 is 0 Å². The van der Waals surface area contributed by atoms with E-state index >= 15 is 0 Å². The van der Waals surface area contributed by atoms with Crippen molar-refractivity contribution in [3.8, 4) is 0 Å². The third kappa shape index (κ3) is 2.67. The number of nitrogens with zero attached hydrogens (tertiary/aromatic N) is 2. The Bertz CT molecular complexity index is 577. The zero-order valence-corrected chi connectivity index (χ0v) is 11.4. The minimum Gasteiger partial charge on any atom is -0.271 e. The summed E-state index contributed by atoms with van der Waals surface area (Å²) in [6, 6.07) is 6.53. The van der Waals surface area contributed by atoms with Crippen LogP contribution in [0.3, 0.4) is 0 Å². The van der Waals surface area contributed by atoms with Gasteiger partial charge in [-0.1, -0.05) is 6.07 Å². The zero-order valence-electron chi connectivity index (χ0n) is 11.4. The molecule has 102 valence electrons. The first-order chi connectivity index (χ1) is 9.06. The predicted octanol–water partition coefficient (Wildman–Crippen LogP) is 2.21. The van der Waals surface area contributed by atoms with Crippen LogP contribution in [-0.4, -0.2) is 9.78 Å². The van der Waals surface area contributed by atoms with E-state index in [1.807, 2.05) is 31.5 Å². The number of nitrogens with one attached hydrogen (secondary N) is 1. The van der Waals surface area contributed by atoms with Crippen LogP contribution in [0.15, 0.2) is 24.3 Å². The van der Waals surface area contributed by atoms with Gasteiger partial charge in [0.2, 0.25) is 0 Å². The van der Waals surface area contributed by atoms with Crippen molar-refractivity contribution in [3.63, 3.8) is 0 Å². The Kier molecular flexibility index (Phi) is 3.97. The Morgan fingerprint density at radius 2 is 2.11 bits per heavy atom. The van der Waals surface area contributed by atoms with Crippen LogP contribution in [-0.2, 0) is 6.54 Å². The maximum Gasteiger partial charge on any atom is 0.123 e. The number of benzene rings is 1. The Morgan fingerprint density at radius 1 is 1.37 bits per heavy atom. The van der Waals surface area contributed by atoms with Gasteiger partial charge in [-0.2, -0.15) is 5.10 Å². The second kappa shape index (κ2) is 5.50. The standard InChI is InChI=1S/C14H19FN4/c1-4-19-13(8-10(3)18-19)14(17-16)12-6-5-11(15)7-9(12)2/h5-8,14,17H,4,16H2,1-3H3. The zero-order chi connectivity index (χ0) is 14.0. The van der Waals surface area contributed by atoms with E-state index in [1.165, 1.54) is 12.1 Å². The van der Waals surface area contributed by atoms with Gasteiger partial charge in [-0.15, -0.1) is 0 Å². The van der Waals surface area contributed by atoms with Gasteiger partial charge in [0.05, 0.1) is 17.4 Å². The van der Waals surface area contributed by atoms with E-state index < -0.39 is 0 Å². The van der Waals surface area contributed by atoms with Crippen molar-refractivity contribution in [2.24, 2.45) is 5.84 Å². The topological polar surface area (TPSA) is 55.9 Å². The molecule has 1 atom stereocenters. The normalized spacial score (nSPS) is 12.7. The fourth-order valence-corrected chi connectivity index (χ4v) is 2.35. The quantitative estimate of drug-likeness (QED) is 0.656. The minimum atomic E-state index is -0.239. The molecule has 0 aliphatic rings. The molecule has 1 aromatic heterocycles. The van der Waals surface area contributed by atoms with Crippen LogP contribution in [0.5, 0.6) is 0 Å². The molecule has 1 aromatic carbocycles. The largest absolute Gasteiger partial charge is 0.271 e. The van der Waals surface area contributed by atoms with Crippen LogP contribution in [0.25, 0.3) is 0 Å². The molecule has 2 aromatic rings. The Balaban J connectivity index is 2.49. The van der Waals surface area contributed by atoms with E-state index in [4.69, 9.17) is 5.84 Å². The van der Waals surface area contributed by atoms with Crippen molar-refractivity contribution in [2.45, 2.75) is 33.4 Å². The average molecular weight is 262 g/mol. The number of aromatic nitrogens is 2. The Labute approximate surface area is 112 Å². The molecular weight excluding hydrogens is 243 g/mol. The van der Waals surface area contributed by atoms with Crippen molar-refractivity contribution in [3.05, 3.63) is 52.6 Å². The van der Waals surface area contributed by atoms with E-state index in [-0.39, 0.29) is 11.9 Å². The molecular formula is C14H19FN4. The number of aryl methyl sites for hydroxylation is 3. The van der Waals surface area contributed by atoms with E-state index in [9.17, 15) is 4.39 Å². The lowest BCUT2D eigenvalue weighted by molar-refractivity contribution is 0.539. The third-order valence-corrected chi connectivity index (χ3v) is 3.24. The second-order valence-corrected chi connectivity index (χ2v) is 4.63. The summed E-state index contributed by atoms with van der Waals surface area (Å²) in [7, 11) is 0. The molecule has 0 fully saturated rings. The molecule has 0 saturated carbocycles. The van der Waals surface area contributed by atoms with Crippen molar-refractivity contribution in [1.82, 2.24) is 15.2 Å². The van der Waals surface area contributed by atoms with Gasteiger partial charge in [-0.25, -0.2) is 9.82 Å². The lowest BCUT2D eigenvalue weighted by Crippen LogP contribution is -2.31. The summed E-state index contributed by atoms with van der Waals surface area (Å²) in [6.45, 7) is 6.62. The summed E-state index contributed by atoms with van der Waals surface area (Å²) in [5, 5.41) is 4.42. The van der Waals surface area contributed by atoms with E-state index in [2.05, 4.69) is 10.5 Å². The fraction of sp³-hybridized carbons (Fsp3) is 0.357. The molecule has 1 unspecified atom stereocenters. The van der Waals surface area contributed by atoms with Gasteiger partial charge in [0.25, 0.3) is 0 Å². The molecule has 19 heavy (non-hydrogen) atoms. The molecule has 1 heterocycles. The number of rotatable bonds is 4. The average Bonchev–Trinajstić information content (AvgIpc) is 2.74. The molecule has 4 nitrogen and oxygen atoms in total. The molecule has 0 radical (unpaired) electrons. The molecule has 0 saturated heterocycles. The van der Waals surface area contributed by atoms with E-state index in [0.29, 0.717) is 0 Å². The van der Waals surface area contributed by atoms with Crippen molar-refractivity contribution in [2.75, 3.05) is 0 Å². The maximum atomic E-state index is 13.2. The van der Waals surface area contributed by atoms with Crippen LogP contribution < -0.4 is 11.3 Å². The number of hydrogen-bond donors (Lipinski definition) is 2. The van der Waals surface area contributed by atoms with Crippen LogP contribution in [0, 0.1) is 19.7 Å². The number of halogens is 1. The second-order valence-electron chi connectivity index (χ2n) is 4.63. The SMILES string of the molecule is CCn1nc(C)cc1C(NN)c1ccc(F)cc1C. The van der Waals surface area contributed by atoms with Gasteiger partial charge in [0.1, 0.15) is 5.82 Å². The molecule has 5 heteroatoms. The summed E-state index contributed by atoms with van der Waals surface area (Å²) in [5.41, 5.74) is 6.55. The van der Waals surface area contributed by atoms with Crippen molar-refractivity contribution < 1.29 is 4.39 Å². The van der Waals surface area contributed by atoms with Gasteiger partial charge < -0.3 is 0 Å². The molecule has 0 aliphatic carbocycles. The first-order valence-electron chi connectivity index (χ1n) is 6.33. The smallest absolute Gasteiger partial charge is 0.123 e. The number of hydrogen-bond acceptors (Lipinski definition) is 3. The van der Waals surface area contributed by atoms with Gasteiger partial charge in [-0.3, -0.25) is 10.5 Å². The van der Waals surface area contributed by atoms with Gasteiger partial charge >= 0.3 is 0 Å². The van der Waals surface area contributed by atoms with Crippen LogP contribution in [0.1, 0.15) is 35.5 Å². The van der Waals surface area contributed by atoms with Crippen molar-refractivity contribution >= 4 is 0 Å². The van der Waals surface area contributed by atoms with Gasteiger partial charge in [0.15, 0.2) is 0 Å². The molecule has 0 bridgehead atoms. The molecule has 0 aliphatic heterocycles. The van der Waals surface area contributed by atoms with Crippen molar-refractivity contribution in [1.29, 1.82) is 0 Å². The van der Waals surface area contributed by atoms with Crippen LogP contribution in [0.2, 0.25) is 0 Å². The molecule has 2 rings (SSSR count). The van der Waals surface area contributed by atoms with E-state index in [0.717, 1.165) is 29.1 Å².